The van der Waals surface area contributed by atoms with Gasteiger partial charge in [0.15, 0.2) is 0 Å². The maximum atomic E-state index is 11.4. The van der Waals surface area contributed by atoms with Gasteiger partial charge < -0.3 is 15.4 Å². The topological polar surface area (TPSA) is 81.3 Å². The molecule has 1 aromatic heterocycles. The molecule has 6 nitrogen and oxygen atoms in total. The van der Waals surface area contributed by atoms with E-state index in [1.807, 2.05) is 6.07 Å². The normalized spacial score (nSPS) is 23.2. The first-order valence-corrected chi connectivity index (χ1v) is 6.03. The van der Waals surface area contributed by atoms with Crippen LogP contribution >= 0.6 is 0 Å². The second kappa shape index (κ2) is 5.30. The Bertz CT molecular complexity index is 438. The number of hydrogen-bond donors (Lipinski definition) is 1. The van der Waals surface area contributed by atoms with Gasteiger partial charge in [0.2, 0.25) is 5.82 Å². The van der Waals surface area contributed by atoms with Gasteiger partial charge in [-0.25, -0.2) is 14.8 Å². The number of rotatable bonds is 3. The average Bonchev–Trinajstić information content (AvgIpc) is 2.79. The standard InChI is InChI=1S/C12H18N4O2/c1-8-5-9(6-13)7-16(8)10-3-4-14-11(15-10)12(17)18-2/h3-4,8-9H,5-7,13H2,1-2H3. The quantitative estimate of drug-likeness (QED) is 0.784. The van der Waals surface area contributed by atoms with Crippen LogP contribution in [0.3, 0.4) is 0 Å². The Morgan fingerprint density at radius 1 is 1.67 bits per heavy atom. The molecule has 2 N–H and O–H groups in total. The third-order valence-electron chi connectivity index (χ3n) is 3.30. The Morgan fingerprint density at radius 3 is 3.06 bits per heavy atom. The van der Waals surface area contributed by atoms with Gasteiger partial charge >= 0.3 is 5.97 Å². The molecule has 1 aromatic rings. The van der Waals surface area contributed by atoms with Crippen LogP contribution < -0.4 is 10.6 Å². The fourth-order valence-corrected chi connectivity index (χ4v) is 2.33. The number of esters is 1. The van der Waals surface area contributed by atoms with Crippen LogP contribution in [-0.2, 0) is 4.74 Å². The Morgan fingerprint density at radius 2 is 2.44 bits per heavy atom. The van der Waals surface area contributed by atoms with Gasteiger partial charge in [-0.2, -0.15) is 0 Å². The summed E-state index contributed by atoms with van der Waals surface area (Å²) in [7, 11) is 1.32. The zero-order valence-corrected chi connectivity index (χ0v) is 10.7. The summed E-state index contributed by atoms with van der Waals surface area (Å²) in [6.07, 6.45) is 2.63. The van der Waals surface area contributed by atoms with Gasteiger partial charge in [0.25, 0.3) is 0 Å². The molecule has 18 heavy (non-hydrogen) atoms. The number of aromatic nitrogens is 2. The number of carbonyl (C=O) groups excluding carboxylic acids is 1. The van der Waals surface area contributed by atoms with Crippen molar-refractivity contribution in [2.75, 3.05) is 25.1 Å². The summed E-state index contributed by atoms with van der Waals surface area (Å²) in [5, 5.41) is 0. The molecule has 6 heteroatoms. The zero-order valence-electron chi connectivity index (χ0n) is 10.7. The molecule has 1 saturated heterocycles. The Labute approximate surface area is 106 Å². The number of carbonyl (C=O) groups is 1. The third kappa shape index (κ3) is 2.43. The summed E-state index contributed by atoms with van der Waals surface area (Å²) in [4.78, 5) is 21.7. The molecule has 1 aliphatic heterocycles. The molecule has 0 bridgehead atoms. The Hall–Kier alpha value is -1.69. The number of nitrogens with zero attached hydrogens (tertiary/aromatic N) is 3. The van der Waals surface area contributed by atoms with E-state index in [9.17, 15) is 4.79 Å². The van der Waals surface area contributed by atoms with Crippen molar-refractivity contribution in [1.29, 1.82) is 0 Å². The zero-order chi connectivity index (χ0) is 13.1. The summed E-state index contributed by atoms with van der Waals surface area (Å²) in [5.74, 6) is 0.822. The average molecular weight is 250 g/mol. The van der Waals surface area contributed by atoms with E-state index in [2.05, 4.69) is 26.5 Å². The largest absolute Gasteiger partial charge is 0.463 e. The highest BCUT2D eigenvalue weighted by molar-refractivity contribution is 5.85. The highest BCUT2D eigenvalue weighted by Crippen LogP contribution is 2.26. The molecule has 98 valence electrons. The van der Waals surface area contributed by atoms with Crippen molar-refractivity contribution in [3.05, 3.63) is 18.1 Å². The van der Waals surface area contributed by atoms with E-state index in [0.29, 0.717) is 18.5 Å². The number of anilines is 1. The van der Waals surface area contributed by atoms with Crippen LogP contribution in [0.15, 0.2) is 12.3 Å². The predicted octanol–water partition coefficient (Wildman–Crippen LogP) is 0.437. The van der Waals surface area contributed by atoms with Crippen molar-refractivity contribution < 1.29 is 9.53 Å². The smallest absolute Gasteiger partial charge is 0.376 e. The van der Waals surface area contributed by atoms with Crippen LogP contribution in [0.25, 0.3) is 0 Å². The van der Waals surface area contributed by atoms with Crippen molar-refractivity contribution in [3.8, 4) is 0 Å². The molecule has 2 heterocycles. The lowest BCUT2D eigenvalue weighted by atomic mass is 10.1. The SMILES string of the molecule is COC(=O)c1nccc(N2CC(CN)CC2C)n1. The molecule has 2 atom stereocenters. The van der Waals surface area contributed by atoms with Gasteiger partial charge in [0, 0.05) is 18.8 Å². The fraction of sp³-hybridized carbons (Fsp3) is 0.583. The Balaban J connectivity index is 2.21. The minimum atomic E-state index is -0.515. The highest BCUT2D eigenvalue weighted by atomic mass is 16.5. The molecule has 0 radical (unpaired) electrons. The summed E-state index contributed by atoms with van der Waals surface area (Å²) < 4.78 is 4.62. The molecule has 0 saturated carbocycles. The second-order valence-electron chi connectivity index (χ2n) is 4.57. The lowest BCUT2D eigenvalue weighted by molar-refractivity contribution is 0.0586. The number of ether oxygens (including phenoxy) is 1. The van der Waals surface area contributed by atoms with Crippen LogP contribution in [0.1, 0.15) is 24.0 Å². The molecule has 1 aliphatic rings. The first-order valence-electron chi connectivity index (χ1n) is 6.03. The summed E-state index contributed by atoms with van der Waals surface area (Å²) in [6, 6.07) is 2.18. The fourth-order valence-electron chi connectivity index (χ4n) is 2.33. The van der Waals surface area contributed by atoms with E-state index < -0.39 is 5.97 Å². The first kappa shape index (κ1) is 12.8. The summed E-state index contributed by atoms with van der Waals surface area (Å²) in [6.45, 7) is 3.68. The molecular formula is C12H18N4O2. The van der Waals surface area contributed by atoms with Crippen molar-refractivity contribution in [2.45, 2.75) is 19.4 Å². The second-order valence-corrected chi connectivity index (χ2v) is 4.57. The van der Waals surface area contributed by atoms with E-state index in [1.54, 1.807) is 6.20 Å². The molecular weight excluding hydrogens is 232 g/mol. The molecule has 2 unspecified atom stereocenters. The van der Waals surface area contributed by atoms with Crippen molar-refractivity contribution in [2.24, 2.45) is 11.7 Å². The van der Waals surface area contributed by atoms with Gasteiger partial charge in [-0.15, -0.1) is 0 Å². The van der Waals surface area contributed by atoms with Crippen molar-refractivity contribution >= 4 is 11.8 Å². The van der Waals surface area contributed by atoms with Crippen LogP contribution in [0.2, 0.25) is 0 Å². The maximum absolute atomic E-state index is 11.4. The minimum absolute atomic E-state index is 0.0957. The van der Waals surface area contributed by atoms with Gasteiger partial charge in [0.1, 0.15) is 5.82 Å². The molecule has 0 amide bonds. The Kier molecular flexibility index (Phi) is 3.76. The maximum Gasteiger partial charge on any atom is 0.376 e. The van der Waals surface area contributed by atoms with Gasteiger partial charge in [-0.05, 0) is 31.9 Å². The molecule has 1 fully saturated rings. The van der Waals surface area contributed by atoms with E-state index in [-0.39, 0.29) is 5.82 Å². The van der Waals surface area contributed by atoms with Crippen LogP contribution in [0, 0.1) is 5.92 Å². The number of nitrogens with two attached hydrogens (primary N) is 1. The van der Waals surface area contributed by atoms with E-state index in [4.69, 9.17) is 5.73 Å². The molecule has 0 spiro atoms. The van der Waals surface area contributed by atoms with Crippen LogP contribution in [-0.4, -0.2) is 42.2 Å². The van der Waals surface area contributed by atoms with Crippen LogP contribution in [0.4, 0.5) is 5.82 Å². The first-order chi connectivity index (χ1) is 8.65. The van der Waals surface area contributed by atoms with Crippen LogP contribution in [0.5, 0.6) is 0 Å². The lowest BCUT2D eigenvalue weighted by Gasteiger charge is -2.22. The van der Waals surface area contributed by atoms with Crippen molar-refractivity contribution in [1.82, 2.24) is 9.97 Å². The summed E-state index contributed by atoms with van der Waals surface area (Å²) >= 11 is 0. The lowest BCUT2D eigenvalue weighted by Crippen LogP contribution is -2.29. The number of methoxy groups -OCH3 is 1. The van der Waals surface area contributed by atoms with Crippen molar-refractivity contribution in [3.63, 3.8) is 0 Å². The molecule has 2 rings (SSSR count). The molecule has 0 aliphatic carbocycles. The number of hydrogen-bond acceptors (Lipinski definition) is 6. The third-order valence-corrected chi connectivity index (χ3v) is 3.30. The van der Waals surface area contributed by atoms with E-state index in [1.165, 1.54) is 7.11 Å². The molecule has 0 aromatic carbocycles. The van der Waals surface area contributed by atoms with Gasteiger partial charge in [-0.3, -0.25) is 0 Å². The van der Waals surface area contributed by atoms with E-state index >= 15 is 0 Å². The highest BCUT2D eigenvalue weighted by Gasteiger charge is 2.29. The van der Waals surface area contributed by atoms with E-state index in [0.717, 1.165) is 18.8 Å². The van der Waals surface area contributed by atoms with Gasteiger partial charge in [0.05, 0.1) is 7.11 Å². The minimum Gasteiger partial charge on any atom is -0.463 e. The summed E-state index contributed by atoms with van der Waals surface area (Å²) in [5.41, 5.74) is 5.70. The van der Waals surface area contributed by atoms with Gasteiger partial charge in [-0.1, -0.05) is 0 Å². The predicted molar refractivity (Wildman–Crippen MR) is 67.3 cm³/mol. The monoisotopic (exact) mass is 250 g/mol.